The van der Waals surface area contributed by atoms with Crippen molar-refractivity contribution in [2.45, 2.75) is 0 Å². The molecule has 0 fully saturated rings. The summed E-state index contributed by atoms with van der Waals surface area (Å²) in [5.41, 5.74) is 7.91. The Morgan fingerprint density at radius 1 is 0.632 bits per heavy atom. The van der Waals surface area contributed by atoms with Gasteiger partial charge in [-0.3, -0.25) is 0 Å². The zero-order chi connectivity index (χ0) is 13.4. The molecule has 0 atom stereocenters. The minimum atomic E-state index is -0.838. The Kier molecular flexibility index (Phi) is 2.67. The lowest BCUT2D eigenvalue weighted by molar-refractivity contribution is 0.509. The van der Waals surface area contributed by atoms with Gasteiger partial charge in [0.2, 0.25) is 0 Å². The molecule has 0 radical (unpaired) electrons. The van der Waals surface area contributed by atoms with Gasteiger partial charge < -0.3 is 5.73 Å². The summed E-state index contributed by atoms with van der Waals surface area (Å²) >= 11 is 0. The number of rotatable bonds is 1. The van der Waals surface area contributed by atoms with Crippen molar-refractivity contribution in [1.82, 2.24) is 0 Å². The van der Waals surface area contributed by atoms with Crippen molar-refractivity contribution in [2.24, 2.45) is 0 Å². The van der Waals surface area contributed by atoms with Gasteiger partial charge in [0.1, 0.15) is 0 Å². The van der Waals surface area contributed by atoms with Crippen LogP contribution >= 0.6 is 0 Å². The van der Waals surface area contributed by atoms with E-state index in [1.165, 1.54) is 6.07 Å². The Hall–Kier alpha value is -2.42. The summed E-state index contributed by atoms with van der Waals surface area (Å²) in [5.74, 6) is -1.67. The second kappa shape index (κ2) is 4.35. The first-order valence-electron chi connectivity index (χ1n) is 5.88. The van der Waals surface area contributed by atoms with E-state index in [1.54, 1.807) is 6.07 Å². The summed E-state index contributed by atoms with van der Waals surface area (Å²) in [6, 6.07) is 15.2. The van der Waals surface area contributed by atoms with Gasteiger partial charge in [-0.1, -0.05) is 24.3 Å². The molecule has 0 bridgehead atoms. The van der Waals surface area contributed by atoms with Gasteiger partial charge in [-0.15, -0.1) is 0 Å². The van der Waals surface area contributed by atoms with Crippen molar-refractivity contribution in [3.8, 4) is 11.1 Å². The molecule has 0 unspecified atom stereocenters. The van der Waals surface area contributed by atoms with Crippen LogP contribution < -0.4 is 5.73 Å². The highest BCUT2D eigenvalue weighted by Crippen LogP contribution is 2.26. The highest BCUT2D eigenvalue weighted by atomic mass is 19.2. The van der Waals surface area contributed by atoms with Crippen molar-refractivity contribution in [2.75, 3.05) is 5.73 Å². The van der Waals surface area contributed by atoms with Gasteiger partial charge >= 0.3 is 0 Å². The largest absolute Gasteiger partial charge is 0.399 e. The number of hydrogen-bond donors (Lipinski definition) is 1. The smallest absolute Gasteiger partial charge is 0.159 e. The SMILES string of the molecule is Nc1ccc2cc(-c3ccc(F)c(F)c3)ccc2c1. The lowest BCUT2D eigenvalue weighted by Gasteiger charge is -2.05. The molecule has 3 rings (SSSR count). The lowest BCUT2D eigenvalue weighted by atomic mass is 10.0. The molecule has 3 heteroatoms. The van der Waals surface area contributed by atoms with Gasteiger partial charge in [0.15, 0.2) is 11.6 Å². The number of halogens is 2. The molecule has 0 aromatic heterocycles. The quantitative estimate of drug-likeness (QED) is 0.642. The molecule has 0 heterocycles. The average molecular weight is 255 g/mol. The Bertz CT molecular complexity index is 766. The predicted octanol–water partition coefficient (Wildman–Crippen LogP) is 4.37. The maximum absolute atomic E-state index is 13.2. The maximum Gasteiger partial charge on any atom is 0.159 e. The highest BCUT2D eigenvalue weighted by molar-refractivity contribution is 5.89. The molecule has 94 valence electrons. The van der Waals surface area contributed by atoms with Gasteiger partial charge in [0, 0.05) is 5.69 Å². The second-order valence-electron chi connectivity index (χ2n) is 4.45. The van der Waals surface area contributed by atoms with E-state index in [1.807, 2.05) is 36.4 Å². The predicted molar refractivity (Wildman–Crippen MR) is 73.7 cm³/mol. The topological polar surface area (TPSA) is 26.0 Å². The fraction of sp³-hybridized carbons (Fsp3) is 0. The number of nitrogen functional groups attached to an aromatic ring is 1. The second-order valence-corrected chi connectivity index (χ2v) is 4.45. The first-order valence-corrected chi connectivity index (χ1v) is 5.88. The zero-order valence-corrected chi connectivity index (χ0v) is 10.0. The van der Waals surface area contributed by atoms with Crippen LogP contribution in [0, 0.1) is 11.6 Å². The molecule has 0 spiro atoms. The fourth-order valence-electron chi connectivity index (χ4n) is 2.12. The minimum absolute atomic E-state index is 0.651. The molecule has 0 aliphatic rings. The van der Waals surface area contributed by atoms with Crippen molar-refractivity contribution in [3.05, 3.63) is 66.2 Å². The molecule has 0 aliphatic carbocycles. The molecule has 3 aromatic carbocycles. The standard InChI is InChI=1S/C16H11F2N/c17-15-6-4-13(9-16(15)18)10-1-2-12-8-14(19)5-3-11(12)7-10/h1-9H,19H2. The summed E-state index contributed by atoms with van der Waals surface area (Å²) in [6.07, 6.45) is 0. The van der Waals surface area contributed by atoms with Crippen LogP contribution in [0.3, 0.4) is 0 Å². The Labute approximate surface area is 109 Å². The summed E-state index contributed by atoms with van der Waals surface area (Å²) in [6.45, 7) is 0. The molecule has 0 saturated heterocycles. The first-order chi connectivity index (χ1) is 9.13. The molecule has 0 amide bonds. The van der Waals surface area contributed by atoms with Crippen molar-refractivity contribution < 1.29 is 8.78 Å². The van der Waals surface area contributed by atoms with Gasteiger partial charge in [-0.05, 0) is 52.2 Å². The van der Waals surface area contributed by atoms with E-state index in [9.17, 15) is 8.78 Å². The van der Waals surface area contributed by atoms with Crippen LogP contribution in [0.2, 0.25) is 0 Å². The number of anilines is 1. The molecule has 19 heavy (non-hydrogen) atoms. The van der Waals surface area contributed by atoms with Gasteiger partial charge in [0.25, 0.3) is 0 Å². The van der Waals surface area contributed by atoms with E-state index in [-0.39, 0.29) is 0 Å². The number of hydrogen-bond acceptors (Lipinski definition) is 1. The zero-order valence-electron chi connectivity index (χ0n) is 10.0. The van der Waals surface area contributed by atoms with E-state index in [0.29, 0.717) is 11.3 Å². The third-order valence-electron chi connectivity index (χ3n) is 3.12. The summed E-state index contributed by atoms with van der Waals surface area (Å²) < 4.78 is 26.2. The maximum atomic E-state index is 13.2. The number of benzene rings is 3. The molecule has 1 nitrogen and oxygen atoms in total. The van der Waals surface area contributed by atoms with Gasteiger partial charge in [-0.2, -0.15) is 0 Å². The molecule has 2 N–H and O–H groups in total. The Morgan fingerprint density at radius 2 is 1.26 bits per heavy atom. The Balaban J connectivity index is 2.14. The van der Waals surface area contributed by atoms with Gasteiger partial charge in [-0.25, -0.2) is 8.78 Å². The summed E-state index contributed by atoms with van der Waals surface area (Å²) in [7, 11) is 0. The lowest BCUT2D eigenvalue weighted by Crippen LogP contribution is -1.87. The van der Waals surface area contributed by atoms with Crippen molar-refractivity contribution in [3.63, 3.8) is 0 Å². The van der Waals surface area contributed by atoms with Crippen LogP contribution in [0.4, 0.5) is 14.5 Å². The third kappa shape index (κ3) is 2.15. The fourth-order valence-corrected chi connectivity index (χ4v) is 2.12. The normalized spacial score (nSPS) is 10.8. The van der Waals surface area contributed by atoms with Crippen molar-refractivity contribution in [1.29, 1.82) is 0 Å². The molecular weight excluding hydrogens is 244 g/mol. The summed E-state index contributed by atoms with van der Waals surface area (Å²) in [4.78, 5) is 0. The van der Waals surface area contributed by atoms with Crippen molar-refractivity contribution >= 4 is 16.5 Å². The van der Waals surface area contributed by atoms with E-state index < -0.39 is 11.6 Å². The highest BCUT2D eigenvalue weighted by Gasteiger charge is 2.05. The third-order valence-corrected chi connectivity index (χ3v) is 3.12. The van der Waals surface area contributed by atoms with E-state index >= 15 is 0 Å². The minimum Gasteiger partial charge on any atom is -0.399 e. The van der Waals surface area contributed by atoms with Crippen LogP contribution in [0.25, 0.3) is 21.9 Å². The average Bonchev–Trinajstić information content (AvgIpc) is 2.41. The molecule has 0 saturated carbocycles. The Morgan fingerprint density at radius 3 is 2.05 bits per heavy atom. The van der Waals surface area contributed by atoms with Crippen LogP contribution in [0.5, 0.6) is 0 Å². The van der Waals surface area contributed by atoms with Gasteiger partial charge in [0.05, 0.1) is 0 Å². The van der Waals surface area contributed by atoms with Crippen LogP contribution in [0.1, 0.15) is 0 Å². The number of nitrogens with two attached hydrogens (primary N) is 1. The van der Waals surface area contributed by atoms with Crippen LogP contribution in [-0.2, 0) is 0 Å². The monoisotopic (exact) mass is 255 g/mol. The molecular formula is C16H11F2N. The van der Waals surface area contributed by atoms with E-state index in [0.717, 1.165) is 22.4 Å². The number of fused-ring (bicyclic) bond motifs is 1. The van der Waals surface area contributed by atoms with Crippen LogP contribution in [-0.4, -0.2) is 0 Å². The van der Waals surface area contributed by atoms with Crippen LogP contribution in [0.15, 0.2) is 54.6 Å². The molecule has 3 aromatic rings. The first kappa shape index (κ1) is 11.7. The molecule has 0 aliphatic heterocycles. The van der Waals surface area contributed by atoms with E-state index in [4.69, 9.17) is 5.73 Å². The van der Waals surface area contributed by atoms with E-state index in [2.05, 4.69) is 0 Å². The summed E-state index contributed by atoms with van der Waals surface area (Å²) in [5, 5.41) is 2.03.